The van der Waals surface area contributed by atoms with Crippen LogP contribution >= 0.6 is 11.3 Å². The highest BCUT2D eigenvalue weighted by molar-refractivity contribution is 7.26. The van der Waals surface area contributed by atoms with E-state index in [2.05, 4.69) is 126 Å². The van der Waals surface area contributed by atoms with Crippen molar-refractivity contribution < 1.29 is 0 Å². The van der Waals surface area contributed by atoms with Gasteiger partial charge in [0.05, 0.1) is 26.9 Å². The second-order valence-electron chi connectivity index (χ2n) is 9.20. The number of pyridine rings is 1. The van der Waals surface area contributed by atoms with Crippen LogP contribution in [0.25, 0.3) is 69.8 Å². The molecule has 0 aliphatic carbocycles. The smallest absolute Gasteiger partial charge is 0.0889 e. The SMILES string of the molecule is c1cc(-c2nc3ccccc3c3c2sc2ccccc23)cc(-n2c3ccccc3c3ccccc32)c1. The quantitative estimate of drug-likeness (QED) is 0.243. The van der Waals surface area contributed by atoms with Crippen LogP contribution in [0.1, 0.15) is 0 Å². The van der Waals surface area contributed by atoms with Crippen LogP contribution in [-0.4, -0.2) is 9.55 Å². The first kappa shape index (κ1) is 19.8. The van der Waals surface area contributed by atoms with Gasteiger partial charge in [0.2, 0.25) is 0 Å². The largest absolute Gasteiger partial charge is 0.309 e. The number of nitrogens with zero attached hydrogens (tertiary/aromatic N) is 2. The lowest BCUT2D eigenvalue weighted by atomic mass is 10.0. The lowest BCUT2D eigenvalue weighted by molar-refractivity contribution is 1.18. The maximum absolute atomic E-state index is 5.22. The summed E-state index contributed by atoms with van der Waals surface area (Å²) in [5, 5.41) is 6.37. The Kier molecular flexibility index (Phi) is 4.13. The van der Waals surface area contributed by atoms with Crippen LogP contribution in [0.15, 0.2) is 121 Å². The van der Waals surface area contributed by atoms with E-state index in [4.69, 9.17) is 4.98 Å². The molecule has 8 aromatic rings. The Hall–Kier alpha value is -4.47. The first-order chi connectivity index (χ1) is 17.9. The van der Waals surface area contributed by atoms with Crippen molar-refractivity contribution in [3.63, 3.8) is 0 Å². The summed E-state index contributed by atoms with van der Waals surface area (Å²) in [7, 11) is 0. The summed E-state index contributed by atoms with van der Waals surface area (Å²) in [6.45, 7) is 0. The molecule has 0 saturated carbocycles. The Morgan fingerprint density at radius 3 is 1.97 bits per heavy atom. The number of hydrogen-bond donors (Lipinski definition) is 0. The van der Waals surface area contributed by atoms with Gasteiger partial charge in [-0.1, -0.05) is 84.9 Å². The molecule has 168 valence electrons. The summed E-state index contributed by atoms with van der Waals surface area (Å²) in [6.07, 6.45) is 0. The zero-order valence-corrected chi connectivity index (χ0v) is 20.2. The standard InChI is InChI=1S/C33H20N2S/c1-5-16-27-25(14-1)31-26-15-4-8-19-30(26)36-33(31)32(34-27)21-10-9-11-22(20-21)35-28-17-6-2-12-23(28)24-13-3-7-18-29(24)35/h1-20H. The van der Waals surface area contributed by atoms with Crippen molar-refractivity contribution in [2.45, 2.75) is 0 Å². The molecule has 0 N–H and O–H groups in total. The Morgan fingerprint density at radius 2 is 1.19 bits per heavy atom. The van der Waals surface area contributed by atoms with E-state index in [-0.39, 0.29) is 0 Å². The molecule has 0 aliphatic rings. The third-order valence-electron chi connectivity index (χ3n) is 7.17. The molecule has 0 radical (unpaired) electrons. The molecule has 0 spiro atoms. The zero-order valence-electron chi connectivity index (χ0n) is 19.3. The monoisotopic (exact) mass is 476 g/mol. The second-order valence-corrected chi connectivity index (χ2v) is 10.3. The minimum atomic E-state index is 1.03. The molecule has 0 unspecified atom stereocenters. The minimum absolute atomic E-state index is 1.03. The van der Waals surface area contributed by atoms with Crippen LogP contribution in [-0.2, 0) is 0 Å². The average molecular weight is 477 g/mol. The molecule has 3 heteroatoms. The van der Waals surface area contributed by atoms with Gasteiger partial charge in [-0.3, -0.25) is 0 Å². The Labute approximate surface area is 211 Å². The van der Waals surface area contributed by atoms with Gasteiger partial charge in [0.25, 0.3) is 0 Å². The summed E-state index contributed by atoms with van der Waals surface area (Å²) >= 11 is 1.84. The molecule has 8 rings (SSSR count). The van der Waals surface area contributed by atoms with Gasteiger partial charge in [0, 0.05) is 42.9 Å². The molecule has 5 aromatic carbocycles. The van der Waals surface area contributed by atoms with Crippen LogP contribution in [0.5, 0.6) is 0 Å². The summed E-state index contributed by atoms with van der Waals surface area (Å²) in [6, 6.07) is 43.4. The molecule has 0 bridgehead atoms. The van der Waals surface area contributed by atoms with Crippen LogP contribution in [0.3, 0.4) is 0 Å². The van der Waals surface area contributed by atoms with Gasteiger partial charge in [-0.25, -0.2) is 4.98 Å². The van der Waals surface area contributed by atoms with E-state index in [1.807, 2.05) is 11.3 Å². The zero-order chi connectivity index (χ0) is 23.6. The van der Waals surface area contributed by atoms with Gasteiger partial charge in [0.15, 0.2) is 0 Å². The molecular formula is C33H20N2S. The van der Waals surface area contributed by atoms with Crippen LogP contribution in [0.4, 0.5) is 0 Å². The fraction of sp³-hybridized carbons (Fsp3) is 0. The topological polar surface area (TPSA) is 17.8 Å². The number of para-hydroxylation sites is 3. The van der Waals surface area contributed by atoms with E-state index < -0.39 is 0 Å². The summed E-state index contributed by atoms with van der Waals surface area (Å²) in [4.78, 5) is 5.22. The number of rotatable bonds is 2. The first-order valence-electron chi connectivity index (χ1n) is 12.2. The molecular weight excluding hydrogens is 456 g/mol. The second kappa shape index (κ2) is 7.51. The number of thiophene rings is 1. The van der Waals surface area contributed by atoms with Crippen LogP contribution in [0, 0.1) is 0 Å². The maximum atomic E-state index is 5.22. The molecule has 0 aliphatic heterocycles. The third kappa shape index (κ3) is 2.75. The molecule has 3 aromatic heterocycles. The number of benzene rings is 5. The third-order valence-corrected chi connectivity index (χ3v) is 8.35. The van der Waals surface area contributed by atoms with Gasteiger partial charge < -0.3 is 4.57 Å². The first-order valence-corrected chi connectivity index (χ1v) is 13.0. The molecule has 3 heterocycles. The van der Waals surface area contributed by atoms with E-state index in [1.165, 1.54) is 47.4 Å². The number of fused-ring (bicyclic) bond motifs is 8. The molecule has 0 saturated heterocycles. The van der Waals surface area contributed by atoms with E-state index in [1.54, 1.807) is 0 Å². The van der Waals surface area contributed by atoms with Crippen molar-refractivity contribution in [1.82, 2.24) is 9.55 Å². The summed E-state index contributed by atoms with van der Waals surface area (Å²) in [5.41, 5.74) is 6.80. The average Bonchev–Trinajstić information content (AvgIpc) is 3.49. The van der Waals surface area contributed by atoms with E-state index in [0.29, 0.717) is 0 Å². The van der Waals surface area contributed by atoms with Gasteiger partial charge in [0.1, 0.15) is 0 Å². The van der Waals surface area contributed by atoms with E-state index in [0.717, 1.165) is 22.5 Å². The molecule has 0 atom stereocenters. The molecule has 36 heavy (non-hydrogen) atoms. The fourth-order valence-electron chi connectivity index (χ4n) is 5.62. The Morgan fingerprint density at radius 1 is 0.556 bits per heavy atom. The van der Waals surface area contributed by atoms with Crippen molar-refractivity contribution in [1.29, 1.82) is 0 Å². The number of hydrogen-bond acceptors (Lipinski definition) is 2. The van der Waals surface area contributed by atoms with Gasteiger partial charge in [-0.2, -0.15) is 0 Å². The Bertz CT molecular complexity index is 2060. The van der Waals surface area contributed by atoms with Crippen molar-refractivity contribution in [3.05, 3.63) is 121 Å². The summed E-state index contributed by atoms with van der Waals surface area (Å²) in [5.74, 6) is 0. The predicted molar refractivity (Wildman–Crippen MR) is 154 cm³/mol. The van der Waals surface area contributed by atoms with Crippen molar-refractivity contribution >= 4 is 64.2 Å². The maximum Gasteiger partial charge on any atom is 0.0889 e. The van der Waals surface area contributed by atoms with Crippen LogP contribution < -0.4 is 0 Å². The summed E-state index contributed by atoms with van der Waals surface area (Å²) < 4.78 is 4.91. The highest BCUT2D eigenvalue weighted by Crippen LogP contribution is 2.43. The van der Waals surface area contributed by atoms with Gasteiger partial charge in [-0.05, 0) is 36.4 Å². The van der Waals surface area contributed by atoms with Crippen molar-refractivity contribution in [3.8, 4) is 16.9 Å². The van der Waals surface area contributed by atoms with Gasteiger partial charge in [-0.15, -0.1) is 11.3 Å². The molecule has 0 fully saturated rings. The molecule has 2 nitrogen and oxygen atoms in total. The van der Waals surface area contributed by atoms with Crippen molar-refractivity contribution in [2.75, 3.05) is 0 Å². The minimum Gasteiger partial charge on any atom is -0.309 e. The van der Waals surface area contributed by atoms with E-state index in [9.17, 15) is 0 Å². The highest BCUT2D eigenvalue weighted by atomic mass is 32.1. The Balaban J connectivity index is 1.45. The number of aromatic nitrogens is 2. The lowest BCUT2D eigenvalue weighted by Crippen LogP contribution is -1.95. The van der Waals surface area contributed by atoms with Gasteiger partial charge >= 0.3 is 0 Å². The van der Waals surface area contributed by atoms with E-state index >= 15 is 0 Å². The van der Waals surface area contributed by atoms with Crippen LogP contribution in [0.2, 0.25) is 0 Å². The fourth-order valence-corrected chi connectivity index (χ4v) is 6.85. The normalized spacial score (nSPS) is 11.9. The molecule has 0 amide bonds. The lowest BCUT2D eigenvalue weighted by Gasteiger charge is -2.11. The highest BCUT2D eigenvalue weighted by Gasteiger charge is 2.17. The van der Waals surface area contributed by atoms with Crippen molar-refractivity contribution in [2.24, 2.45) is 0 Å². The predicted octanol–water partition coefficient (Wildman–Crippen LogP) is 9.37.